The number of guanidine groups is 1. The highest BCUT2D eigenvalue weighted by Gasteiger charge is 2.02. The SMILES string of the molecule is CN=C(NCc1ccccc1Cl)N(C)C.I. The Morgan fingerprint density at radius 3 is 2.50 bits per heavy atom. The van der Waals surface area contributed by atoms with Gasteiger partial charge in [0.1, 0.15) is 0 Å². The molecule has 3 nitrogen and oxygen atoms in total. The number of rotatable bonds is 2. The van der Waals surface area contributed by atoms with Gasteiger partial charge in [-0.05, 0) is 11.6 Å². The Morgan fingerprint density at radius 1 is 1.38 bits per heavy atom. The fourth-order valence-electron chi connectivity index (χ4n) is 1.25. The van der Waals surface area contributed by atoms with E-state index in [9.17, 15) is 0 Å². The molecule has 1 aromatic rings. The minimum Gasteiger partial charge on any atom is -0.352 e. The van der Waals surface area contributed by atoms with Crippen molar-refractivity contribution in [3.8, 4) is 0 Å². The van der Waals surface area contributed by atoms with Crippen molar-refractivity contribution in [3.05, 3.63) is 34.9 Å². The molecular formula is C11H17ClIN3. The van der Waals surface area contributed by atoms with Gasteiger partial charge in [-0.2, -0.15) is 0 Å². The summed E-state index contributed by atoms with van der Waals surface area (Å²) in [5.74, 6) is 0.843. The summed E-state index contributed by atoms with van der Waals surface area (Å²) >= 11 is 6.04. The Kier molecular flexibility index (Phi) is 7.49. The van der Waals surface area contributed by atoms with Gasteiger partial charge in [0.15, 0.2) is 5.96 Å². The van der Waals surface area contributed by atoms with Crippen molar-refractivity contribution in [2.45, 2.75) is 6.54 Å². The standard InChI is InChI=1S/C11H16ClN3.HI/c1-13-11(15(2)3)14-8-9-6-4-5-7-10(9)12;/h4-7H,8H2,1-3H3,(H,13,14);1H. The number of benzene rings is 1. The fraction of sp³-hybridized carbons (Fsp3) is 0.364. The Bertz CT molecular complexity index is 353. The van der Waals surface area contributed by atoms with Gasteiger partial charge in [-0.1, -0.05) is 29.8 Å². The summed E-state index contributed by atoms with van der Waals surface area (Å²) in [4.78, 5) is 6.05. The minimum atomic E-state index is 0. The molecule has 5 heteroatoms. The Balaban J connectivity index is 0.00000225. The molecule has 0 aliphatic carbocycles. The van der Waals surface area contributed by atoms with Crippen LogP contribution in [0.15, 0.2) is 29.3 Å². The van der Waals surface area contributed by atoms with E-state index in [1.807, 2.05) is 43.3 Å². The molecule has 0 saturated heterocycles. The molecule has 0 unspecified atom stereocenters. The van der Waals surface area contributed by atoms with E-state index >= 15 is 0 Å². The number of nitrogens with one attached hydrogen (secondary N) is 1. The highest BCUT2D eigenvalue weighted by Crippen LogP contribution is 2.14. The van der Waals surface area contributed by atoms with Gasteiger partial charge < -0.3 is 10.2 Å². The first-order chi connectivity index (χ1) is 7.15. The molecule has 0 atom stereocenters. The molecule has 0 bridgehead atoms. The Hall–Kier alpha value is -0.490. The van der Waals surface area contributed by atoms with Crippen LogP contribution in [0.4, 0.5) is 0 Å². The maximum Gasteiger partial charge on any atom is 0.193 e. The van der Waals surface area contributed by atoms with Crippen LogP contribution in [0.2, 0.25) is 5.02 Å². The molecular weight excluding hydrogens is 336 g/mol. The Morgan fingerprint density at radius 2 is 2.00 bits per heavy atom. The van der Waals surface area contributed by atoms with Crippen LogP contribution >= 0.6 is 35.6 Å². The molecule has 0 amide bonds. The van der Waals surface area contributed by atoms with Gasteiger partial charge in [-0.25, -0.2) is 0 Å². The van der Waals surface area contributed by atoms with E-state index in [1.165, 1.54) is 0 Å². The third kappa shape index (κ3) is 4.57. The second-order valence-corrected chi connectivity index (χ2v) is 3.79. The second kappa shape index (κ2) is 7.73. The van der Waals surface area contributed by atoms with E-state index in [1.54, 1.807) is 7.05 Å². The third-order valence-electron chi connectivity index (χ3n) is 2.03. The summed E-state index contributed by atoms with van der Waals surface area (Å²) in [6.07, 6.45) is 0. The summed E-state index contributed by atoms with van der Waals surface area (Å²) < 4.78 is 0. The average molecular weight is 354 g/mol. The zero-order chi connectivity index (χ0) is 11.3. The molecule has 0 saturated carbocycles. The van der Waals surface area contributed by atoms with Crippen LogP contribution in [0.5, 0.6) is 0 Å². The summed E-state index contributed by atoms with van der Waals surface area (Å²) in [6.45, 7) is 0.685. The molecule has 1 aromatic carbocycles. The van der Waals surface area contributed by atoms with E-state index in [0.717, 1.165) is 16.5 Å². The van der Waals surface area contributed by atoms with Gasteiger partial charge in [0, 0.05) is 32.7 Å². The molecule has 0 aliphatic rings. The van der Waals surface area contributed by atoms with E-state index in [2.05, 4.69) is 10.3 Å². The van der Waals surface area contributed by atoms with Gasteiger partial charge in [-0.15, -0.1) is 24.0 Å². The topological polar surface area (TPSA) is 27.6 Å². The molecule has 0 fully saturated rings. The third-order valence-corrected chi connectivity index (χ3v) is 2.40. The van der Waals surface area contributed by atoms with Crippen molar-refractivity contribution in [3.63, 3.8) is 0 Å². The smallest absolute Gasteiger partial charge is 0.193 e. The molecule has 90 valence electrons. The largest absolute Gasteiger partial charge is 0.352 e. The van der Waals surface area contributed by atoms with Gasteiger partial charge in [-0.3, -0.25) is 4.99 Å². The Labute approximate surface area is 119 Å². The van der Waals surface area contributed by atoms with Crippen molar-refractivity contribution >= 4 is 41.5 Å². The molecule has 16 heavy (non-hydrogen) atoms. The summed E-state index contributed by atoms with van der Waals surface area (Å²) in [5, 5.41) is 3.99. The van der Waals surface area contributed by atoms with Gasteiger partial charge >= 0.3 is 0 Å². The van der Waals surface area contributed by atoms with Gasteiger partial charge in [0.05, 0.1) is 0 Å². The zero-order valence-electron chi connectivity index (χ0n) is 9.70. The molecule has 0 aliphatic heterocycles. The number of nitrogens with zero attached hydrogens (tertiary/aromatic N) is 2. The number of aliphatic imine (C=N–C) groups is 1. The molecule has 0 spiro atoms. The predicted molar refractivity (Wildman–Crippen MR) is 80.8 cm³/mol. The quantitative estimate of drug-likeness (QED) is 0.503. The van der Waals surface area contributed by atoms with Crippen LogP contribution in [-0.2, 0) is 6.54 Å². The monoisotopic (exact) mass is 353 g/mol. The number of hydrogen-bond acceptors (Lipinski definition) is 1. The molecule has 0 radical (unpaired) electrons. The van der Waals surface area contributed by atoms with Crippen molar-refractivity contribution in [2.75, 3.05) is 21.1 Å². The van der Waals surface area contributed by atoms with E-state index < -0.39 is 0 Å². The maximum absolute atomic E-state index is 6.04. The van der Waals surface area contributed by atoms with Crippen LogP contribution < -0.4 is 5.32 Å². The van der Waals surface area contributed by atoms with Crippen LogP contribution in [0.3, 0.4) is 0 Å². The molecule has 1 N–H and O–H groups in total. The predicted octanol–water partition coefficient (Wildman–Crippen LogP) is 2.60. The maximum atomic E-state index is 6.04. The molecule has 0 aromatic heterocycles. The van der Waals surface area contributed by atoms with Crippen molar-refractivity contribution in [2.24, 2.45) is 4.99 Å². The summed E-state index contributed by atoms with van der Waals surface area (Å²) in [6, 6.07) is 7.78. The molecule has 1 rings (SSSR count). The van der Waals surface area contributed by atoms with Gasteiger partial charge in [0.2, 0.25) is 0 Å². The number of halogens is 2. The lowest BCUT2D eigenvalue weighted by Gasteiger charge is -2.17. The first-order valence-electron chi connectivity index (χ1n) is 4.76. The first-order valence-corrected chi connectivity index (χ1v) is 5.14. The highest BCUT2D eigenvalue weighted by atomic mass is 127. The van der Waals surface area contributed by atoms with Crippen molar-refractivity contribution in [1.29, 1.82) is 0 Å². The normalized spacial score (nSPS) is 10.6. The van der Waals surface area contributed by atoms with Crippen molar-refractivity contribution < 1.29 is 0 Å². The van der Waals surface area contributed by atoms with Gasteiger partial charge in [0.25, 0.3) is 0 Å². The lowest BCUT2D eigenvalue weighted by Crippen LogP contribution is -2.35. The van der Waals surface area contributed by atoms with Crippen LogP contribution in [0, 0.1) is 0 Å². The molecule has 0 heterocycles. The average Bonchev–Trinajstić information content (AvgIpc) is 2.21. The summed E-state index contributed by atoms with van der Waals surface area (Å²) in [5.41, 5.74) is 1.07. The van der Waals surface area contributed by atoms with E-state index in [-0.39, 0.29) is 24.0 Å². The zero-order valence-corrected chi connectivity index (χ0v) is 12.8. The fourth-order valence-corrected chi connectivity index (χ4v) is 1.46. The lowest BCUT2D eigenvalue weighted by atomic mass is 10.2. The lowest BCUT2D eigenvalue weighted by molar-refractivity contribution is 0.583. The van der Waals surface area contributed by atoms with Crippen LogP contribution in [0.1, 0.15) is 5.56 Å². The van der Waals surface area contributed by atoms with E-state index in [0.29, 0.717) is 6.54 Å². The minimum absolute atomic E-state index is 0. The van der Waals surface area contributed by atoms with E-state index in [4.69, 9.17) is 11.6 Å². The number of hydrogen-bond donors (Lipinski definition) is 1. The van der Waals surface area contributed by atoms with Crippen molar-refractivity contribution in [1.82, 2.24) is 10.2 Å². The summed E-state index contributed by atoms with van der Waals surface area (Å²) in [7, 11) is 5.65. The highest BCUT2D eigenvalue weighted by molar-refractivity contribution is 14.0. The second-order valence-electron chi connectivity index (χ2n) is 3.39. The van der Waals surface area contributed by atoms with Crippen LogP contribution in [0.25, 0.3) is 0 Å². The first kappa shape index (κ1) is 15.5. The van der Waals surface area contributed by atoms with Crippen LogP contribution in [-0.4, -0.2) is 32.0 Å².